The highest BCUT2D eigenvalue weighted by Crippen LogP contribution is 2.34. The molecule has 246 valence electrons. The van der Waals surface area contributed by atoms with Crippen molar-refractivity contribution in [2.45, 2.75) is 63.6 Å². The summed E-state index contributed by atoms with van der Waals surface area (Å²) >= 11 is 8.04. The second-order valence-corrected chi connectivity index (χ2v) is 14.6. The van der Waals surface area contributed by atoms with E-state index in [1.54, 1.807) is 28.4 Å². The number of nitrogens with one attached hydrogen (secondary N) is 2. The smallest absolute Gasteiger partial charge is 0.322 e. The summed E-state index contributed by atoms with van der Waals surface area (Å²) in [5.41, 5.74) is 8.50. The van der Waals surface area contributed by atoms with Crippen LogP contribution in [0.3, 0.4) is 0 Å². The summed E-state index contributed by atoms with van der Waals surface area (Å²) in [5, 5.41) is 8.37. The van der Waals surface area contributed by atoms with Gasteiger partial charge in [0, 0.05) is 49.1 Å². The molecule has 0 unspecified atom stereocenters. The molecule has 1 aromatic carbocycles. The van der Waals surface area contributed by atoms with Crippen molar-refractivity contribution < 1.29 is 14.4 Å². The molecule has 4 aliphatic rings. The van der Waals surface area contributed by atoms with Crippen molar-refractivity contribution in [1.29, 1.82) is 0 Å². The van der Waals surface area contributed by atoms with Crippen LogP contribution in [0.2, 0.25) is 5.02 Å². The van der Waals surface area contributed by atoms with Crippen molar-refractivity contribution in [3.8, 4) is 12.3 Å². The Balaban J connectivity index is 1.10. The van der Waals surface area contributed by atoms with E-state index in [0.29, 0.717) is 73.7 Å². The summed E-state index contributed by atoms with van der Waals surface area (Å²) in [7, 11) is 2.18. The first kappa shape index (κ1) is 32.5. The van der Waals surface area contributed by atoms with E-state index >= 15 is 0 Å². The fourth-order valence-corrected chi connectivity index (χ4v) is 8.63. The number of carbonyl (C=O) groups excluding carboxylic acids is 3. The average Bonchev–Trinajstić information content (AvgIpc) is 3.53. The predicted molar refractivity (Wildman–Crippen MR) is 183 cm³/mol. The van der Waals surface area contributed by atoms with Crippen LogP contribution in [0, 0.1) is 24.2 Å². The Bertz CT molecular complexity index is 1480. The molecule has 2 aromatic rings. The first-order valence-corrected chi connectivity index (χ1v) is 17.7. The normalized spacial score (nSPS) is 21.0. The molecule has 3 saturated heterocycles. The van der Waals surface area contributed by atoms with Gasteiger partial charge in [0.2, 0.25) is 5.91 Å². The van der Waals surface area contributed by atoms with Crippen LogP contribution in [0.25, 0.3) is 0 Å². The van der Waals surface area contributed by atoms with Gasteiger partial charge >= 0.3 is 12.1 Å². The van der Waals surface area contributed by atoms with E-state index in [0.717, 1.165) is 42.1 Å². The molecule has 5 heterocycles. The van der Waals surface area contributed by atoms with E-state index in [9.17, 15) is 14.4 Å². The Hall–Kier alpha value is -3.46. The zero-order valence-corrected chi connectivity index (χ0v) is 28.0. The Morgan fingerprint density at radius 2 is 1.72 bits per heavy atom. The Morgan fingerprint density at radius 3 is 2.39 bits per heavy atom. The van der Waals surface area contributed by atoms with Gasteiger partial charge in [0.1, 0.15) is 6.04 Å². The van der Waals surface area contributed by atoms with Crippen LogP contribution < -0.4 is 16.4 Å². The number of anilines is 2. The molecule has 1 atom stereocenters. The molecular weight excluding hydrogens is 622 g/mol. The number of benzene rings is 1. The Kier molecular flexibility index (Phi) is 9.97. The molecular formula is C34H44ClN7O3S. The van der Waals surface area contributed by atoms with Crippen molar-refractivity contribution in [2.24, 2.45) is 11.8 Å². The molecule has 5 amide bonds. The number of nitrogens with two attached hydrogens (primary N) is 1. The first-order chi connectivity index (χ1) is 22.2. The van der Waals surface area contributed by atoms with Crippen molar-refractivity contribution in [1.82, 2.24) is 24.9 Å². The Morgan fingerprint density at radius 1 is 1.07 bits per heavy atom. The molecule has 6 rings (SSSR count). The van der Waals surface area contributed by atoms with Crippen LogP contribution >= 0.6 is 22.9 Å². The largest absolute Gasteiger partial charge is 0.397 e. The molecule has 12 heteroatoms. The van der Waals surface area contributed by atoms with Gasteiger partial charge in [-0.2, -0.15) is 0 Å². The third-order valence-corrected chi connectivity index (χ3v) is 11.6. The van der Waals surface area contributed by atoms with E-state index in [4.69, 9.17) is 23.8 Å². The minimum Gasteiger partial charge on any atom is -0.397 e. The van der Waals surface area contributed by atoms with Gasteiger partial charge in [-0.25, -0.2) is 9.59 Å². The number of piperidine rings is 3. The number of nitrogens with zero attached hydrogens (tertiary/aromatic N) is 4. The number of hydrogen-bond donors (Lipinski definition) is 3. The molecule has 4 N–H and O–H groups in total. The zero-order chi connectivity index (χ0) is 32.4. The number of rotatable bonds is 6. The molecule has 0 aliphatic carbocycles. The molecule has 4 aliphatic heterocycles. The summed E-state index contributed by atoms with van der Waals surface area (Å²) in [4.78, 5) is 49.6. The van der Waals surface area contributed by atoms with E-state index in [-0.39, 0.29) is 30.4 Å². The fraction of sp³-hybridized carbons (Fsp3) is 0.559. The Labute approximate surface area is 280 Å². The van der Waals surface area contributed by atoms with Crippen molar-refractivity contribution >= 4 is 52.3 Å². The van der Waals surface area contributed by atoms with Gasteiger partial charge in [-0.3, -0.25) is 4.79 Å². The zero-order valence-electron chi connectivity index (χ0n) is 26.5. The fourth-order valence-electron chi connectivity index (χ4n) is 7.56. The number of urea groups is 2. The number of halogens is 1. The highest BCUT2D eigenvalue weighted by molar-refractivity contribution is 7.10. The summed E-state index contributed by atoms with van der Waals surface area (Å²) in [6, 6.07) is 4.33. The van der Waals surface area contributed by atoms with Crippen molar-refractivity contribution in [3.63, 3.8) is 0 Å². The standard InChI is InChI=1S/C34H44ClN7O3S/c1-3-23-18-22(19-27(35)31(23)36)20-29(32(43)40-13-6-25(7-14-40)24-4-11-39(2)12-5-24)38-33(44)41-15-8-26(9-16-41)42-21-30-28(10-17-46-30)37-34(42)45/h1,10,17-19,24-26,29H,4-9,11-16,20-21,36H2,2H3,(H,37,45)(H,38,44)/t29-/m1/s1. The lowest BCUT2D eigenvalue weighted by molar-refractivity contribution is -0.135. The third-order valence-electron chi connectivity index (χ3n) is 10.4. The third kappa shape index (κ3) is 7.09. The topological polar surface area (TPSA) is 114 Å². The molecule has 10 nitrogen and oxygen atoms in total. The van der Waals surface area contributed by atoms with Gasteiger partial charge in [-0.15, -0.1) is 17.8 Å². The number of hydrogen-bond acceptors (Lipinski definition) is 6. The van der Waals surface area contributed by atoms with Gasteiger partial charge in [-0.05, 0) is 99.6 Å². The van der Waals surface area contributed by atoms with E-state index in [1.807, 2.05) is 21.2 Å². The highest BCUT2D eigenvalue weighted by Gasteiger charge is 2.36. The maximum Gasteiger partial charge on any atom is 0.322 e. The van der Waals surface area contributed by atoms with Crippen LogP contribution in [0.1, 0.15) is 54.5 Å². The summed E-state index contributed by atoms with van der Waals surface area (Å²) in [5.74, 6) is 3.84. The van der Waals surface area contributed by atoms with Crippen LogP contribution in [0.5, 0.6) is 0 Å². The summed E-state index contributed by atoms with van der Waals surface area (Å²) in [6.07, 6.45) is 11.7. The first-order valence-electron chi connectivity index (χ1n) is 16.4. The number of thiophene rings is 1. The SMILES string of the molecule is C#Cc1cc(C[C@@H](NC(=O)N2CCC(N3Cc4sccc4NC3=O)CC2)C(=O)N2CCC(C3CCN(C)CC3)CC2)cc(Cl)c1N. The number of fused-ring (bicyclic) bond motifs is 1. The van der Waals surface area contributed by atoms with E-state index in [1.165, 1.54) is 12.8 Å². The molecule has 1 aromatic heterocycles. The predicted octanol–water partition coefficient (Wildman–Crippen LogP) is 4.68. The number of likely N-dealkylation sites (tertiary alicyclic amines) is 3. The van der Waals surface area contributed by atoms with Gasteiger partial charge in [0.05, 0.1) is 22.9 Å². The second-order valence-electron chi connectivity index (χ2n) is 13.2. The van der Waals surface area contributed by atoms with Gasteiger partial charge in [0.25, 0.3) is 0 Å². The molecule has 0 bridgehead atoms. The van der Waals surface area contributed by atoms with Crippen LogP contribution in [-0.2, 0) is 17.8 Å². The van der Waals surface area contributed by atoms with E-state index in [2.05, 4.69) is 28.5 Å². The minimum atomic E-state index is -0.777. The number of nitrogen functional groups attached to an aromatic ring is 1. The minimum absolute atomic E-state index is 0.0432. The van der Waals surface area contributed by atoms with Crippen LogP contribution in [0.15, 0.2) is 23.6 Å². The van der Waals surface area contributed by atoms with Crippen molar-refractivity contribution in [2.75, 3.05) is 57.4 Å². The van der Waals surface area contributed by atoms with Gasteiger partial charge < -0.3 is 36.0 Å². The molecule has 0 spiro atoms. The summed E-state index contributed by atoms with van der Waals surface area (Å²) in [6.45, 7) is 5.24. The molecule has 0 saturated carbocycles. The van der Waals surface area contributed by atoms with Crippen molar-refractivity contribution in [3.05, 3.63) is 44.6 Å². The maximum atomic E-state index is 14.1. The second kappa shape index (κ2) is 14.1. The van der Waals surface area contributed by atoms with E-state index < -0.39 is 6.04 Å². The quantitative estimate of drug-likeness (QED) is 0.306. The summed E-state index contributed by atoms with van der Waals surface area (Å²) < 4.78 is 0. The highest BCUT2D eigenvalue weighted by atomic mass is 35.5. The lowest BCUT2D eigenvalue weighted by Gasteiger charge is -2.41. The number of terminal acetylenes is 1. The molecule has 3 fully saturated rings. The molecule has 46 heavy (non-hydrogen) atoms. The lowest BCUT2D eigenvalue weighted by Crippen LogP contribution is -2.57. The van der Waals surface area contributed by atoms with Gasteiger partial charge in [0.15, 0.2) is 0 Å². The maximum absolute atomic E-state index is 14.1. The number of amides is 5. The van der Waals surface area contributed by atoms with Crippen LogP contribution in [0.4, 0.5) is 21.0 Å². The van der Waals surface area contributed by atoms with Crippen LogP contribution in [-0.4, -0.2) is 96.0 Å². The average molecular weight is 666 g/mol. The molecule has 0 radical (unpaired) electrons. The monoisotopic (exact) mass is 665 g/mol. The number of carbonyl (C=O) groups is 3. The lowest BCUT2D eigenvalue weighted by atomic mass is 9.79. The van der Waals surface area contributed by atoms with Gasteiger partial charge in [-0.1, -0.05) is 17.5 Å².